The molecule has 0 spiro atoms. The van der Waals surface area contributed by atoms with Crippen LogP contribution >= 0.6 is 0 Å². The molecular formula is C51H41N. The van der Waals surface area contributed by atoms with Crippen LogP contribution in [0.1, 0.15) is 37.8 Å². The number of hydrogen-bond donors (Lipinski definition) is 0. The third-order valence-corrected chi connectivity index (χ3v) is 11.4. The Morgan fingerprint density at radius 3 is 1.69 bits per heavy atom. The van der Waals surface area contributed by atoms with Crippen LogP contribution in [-0.4, -0.2) is 0 Å². The lowest BCUT2D eigenvalue weighted by Gasteiger charge is -2.30. The van der Waals surface area contributed by atoms with E-state index in [0.717, 1.165) is 29.9 Å². The van der Waals surface area contributed by atoms with Gasteiger partial charge in [-0.2, -0.15) is 0 Å². The number of para-hydroxylation sites is 2. The average Bonchev–Trinajstić information content (AvgIpc) is 3.50. The van der Waals surface area contributed by atoms with Crippen LogP contribution in [-0.2, 0) is 5.41 Å². The Bertz CT molecular complexity index is 2530. The van der Waals surface area contributed by atoms with Gasteiger partial charge in [-0.15, -0.1) is 0 Å². The number of rotatable bonds is 8. The molecule has 1 aliphatic rings. The lowest BCUT2D eigenvalue weighted by atomic mass is 9.73. The molecule has 1 nitrogen and oxygen atoms in total. The van der Waals surface area contributed by atoms with Crippen LogP contribution < -0.4 is 4.90 Å². The van der Waals surface area contributed by atoms with Crippen LogP contribution in [0.15, 0.2) is 188 Å². The fourth-order valence-corrected chi connectivity index (χ4v) is 8.85. The molecule has 0 atom stereocenters. The molecule has 0 heterocycles. The lowest BCUT2D eigenvalue weighted by molar-refractivity contribution is 0.491. The number of hydrogen-bond acceptors (Lipinski definition) is 1. The summed E-state index contributed by atoms with van der Waals surface area (Å²) in [5, 5.41) is 2.60. The zero-order valence-corrected chi connectivity index (χ0v) is 29.8. The molecule has 8 aromatic carbocycles. The Labute approximate surface area is 307 Å². The molecule has 0 amide bonds. The van der Waals surface area contributed by atoms with Crippen molar-refractivity contribution in [3.63, 3.8) is 0 Å². The highest BCUT2D eigenvalue weighted by Gasteiger charge is 2.42. The molecule has 1 heteroatoms. The minimum absolute atomic E-state index is 0.00844. The number of fused-ring (bicyclic) bond motifs is 4. The second kappa shape index (κ2) is 13.2. The minimum Gasteiger partial charge on any atom is -0.310 e. The van der Waals surface area contributed by atoms with E-state index in [1.54, 1.807) is 0 Å². The second-order valence-corrected chi connectivity index (χ2v) is 13.9. The van der Waals surface area contributed by atoms with Gasteiger partial charge >= 0.3 is 0 Å². The van der Waals surface area contributed by atoms with Gasteiger partial charge in [0.05, 0.1) is 5.69 Å². The van der Waals surface area contributed by atoms with E-state index >= 15 is 0 Å². The Kier molecular flexibility index (Phi) is 8.05. The normalized spacial score (nSPS) is 12.7. The van der Waals surface area contributed by atoms with E-state index in [9.17, 15) is 0 Å². The summed E-state index contributed by atoms with van der Waals surface area (Å²) < 4.78 is 0. The first-order chi connectivity index (χ1) is 25.7. The lowest BCUT2D eigenvalue weighted by Crippen LogP contribution is -2.23. The van der Waals surface area contributed by atoms with Crippen molar-refractivity contribution in [3.05, 3.63) is 199 Å². The van der Waals surface area contributed by atoms with Crippen LogP contribution in [0.4, 0.5) is 17.1 Å². The zero-order valence-electron chi connectivity index (χ0n) is 29.8. The average molecular weight is 668 g/mol. The highest BCUT2D eigenvalue weighted by atomic mass is 15.1. The first-order valence-electron chi connectivity index (χ1n) is 18.6. The largest absolute Gasteiger partial charge is 0.310 e. The van der Waals surface area contributed by atoms with E-state index in [-0.39, 0.29) is 5.41 Å². The summed E-state index contributed by atoms with van der Waals surface area (Å²) in [6, 6.07) is 68.9. The van der Waals surface area contributed by atoms with Crippen molar-refractivity contribution in [2.75, 3.05) is 4.90 Å². The molecule has 250 valence electrons. The zero-order chi connectivity index (χ0) is 35.1. The van der Waals surface area contributed by atoms with Crippen molar-refractivity contribution in [2.24, 2.45) is 0 Å². The molecular weight excluding hydrogens is 627 g/mol. The van der Waals surface area contributed by atoms with Gasteiger partial charge in [-0.05, 0) is 110 Å². The van der Waals surface area contributed by atoms with Crippen LogP contribution in [0.3, 0.4) is 0 Å². The molecule has 0 unspecified atom stereocenters. The number of anilines is 3. The van der Waals surface area contributed by atoms with E-state index < -0.39 is 0 Å². The third kappa shape index (κ3) is 5.08. The molecule has 0 N–H and O–H groups in total. The first-order valence-corrected chi connectivity index (χ1v) is 18.6. The summed E-state index contributed by atoms with van der Waals surface area (Å²) in [6.45, 7) is 4.71. The van der Waals surface area contributed by atoms with Gasteiger partial charge in [-0.3, -0.25) is 0 Å². The van der Waals surface area contributed by atoms with Gasteiger partial charge in [0.25, 0.3) is 0 Å². The summed E-state index contributed by atoms with van der Waals surface area (Å²) in [5.74, 6) is 0. The maximum absolute atomic E-state index is 2.48. The SMILES string of the molecule is CCC1(CC)c2ccccc2-c2c1cc1ccccc1c2-c1ccc(N(c2ccccc2)c2ccccc2-c2ccccc2-c2ccccc2)cc1. The van der Waals surface area contributed by atoms with Crippen molar-refractivity contribution in [1.29, 1.82) is 0 Å². The van der Waals surface area contributed by atoms with Gasteiger partial charge < -0.3 is 4.90 Å². The van der Waals surface area contributed by atoms with Crippen LogP contribution in [0.25, 0.3) is 55.3 Å². The highest BCUT2D eigenvalue weighted by molar-refractivity contribution is 6.08. The van der Waals surface area contributed by atoms with Gasteiger partial charge in [0.1, 0.15) is 0 Å². The third-order valence-electron chi connectivity index (χ3n) is 11.4. The Morgan fingerprint density at radius 1 is 0.404 bits per heavy atom. The molecule has 9 rings (SSSR count). The summed E-state index contributed by atoms with van der Waals surface area (Å²) >= 11 is 0. The highest BCUT2D eigenvalue weighted by Crippen LogP contribution is 2.57. The maximum Gasteiger partial charge on any atom is 0.0540 e. The molecule has 0 aliphatic heterocycles. The smallest absolute Gasteiger partial charge is 0.0540 e. The van der Waals surface area contributed by atoms with Crippen molar-refractivity contribution < 1.29 is 0 Å². The van der Waals surface area contributed by atoms with Crippen molar-refractivity contribution in [1.82, 2.24) is 0 Å². The number of nitrogens with zero attached hydrogens (tertiary/aromatic N) is 1. The quantitative estimate of drug-likeness (QED) is 0.156. The van der Waals surface area contributed by atoms with E-state index in [0.29, 0.717) is 0 Å². The van der Waals surface area contributed by atoms with Crippen molar-refractivity contribution in [2.45, 2.75) is 32.1 Å². The van der Waals surface area contributed by atoms with Crippen molar-refractivity contribution in [3.8, 4) is 44.5 Å². The van der Waals surface area contributed by atoms with Crippen LogP contribution in [0.2, 0.25) is 0 Å². The fraction of sp³-hybridized carbons (Fsp3) is 0.0980. The molecule has 0 bridgehead atoms. The first kappa shape index (κ1) is 31.8. The molecule has 52 heavy (non-hydrogen) atoms. The Balaban J connectivity index is 1.23. The molecule has 0 radical (unpaired) electrons. The minimum atomic E-state index is 0.00844. The summed E-state index contributed by atoms with van der Waals surface area (Å²) in [6.07, 6.45) is 2.14. The van der Waals surface area contributed by atoms with E-state index in [1.165, 1.54) is 66.4 Å². The fourth-order valence-electron chi connectivity index (χ4n) is 8.85. The van der Waals surface area contributed by atoms with Gasteiger partial charge in [0.2, 0.25) is 0 Å². The van der Waals surface area contributed by atoms with Gasteiger partial charge in [0, 0.05) is 22.4 Å². The topological polar surface area (TPSA) is 3.24 Å². The molecule has 0 fully saturated rings. The maximum atomic E-state index is 2.48. The van der Waals surface area contributed by atoms with E-state index in [1.807, 2.05) is 0 Å². The summed E-state index contributed by atoms with van der Waals surface area (Å²) in [5.41, 5.74) is 16.5. The van der Waals surface area contributed by atoms with Gasteiger partial charge in [0.15, 0.2) is 0 Å². The molecule has 1 aliphatic carbocycles. The van der Waals surface area contributed by atoms with Gasteiger partial charge in [-0.25, -0.2) is 0 Å². The van der Waals surface area contributed by atoms with Crippen molar-refractivity contribution >= 4 is 27.8 Å². The Hall–Kier alpha value is -6.18. The predicted octanol–water partition coefficient (Wildman–Crippen LogP) is 14.4. The molecule has 0 saturated carbocycles. The monoisotopic (exact) mass is 667 g/mol. The van der Waals surface area contributed by atoms with Gasteiger partial charge in [-0.1, -0.05) is 166 Å². The van der Waals surface area contributed by atoms with Crippen LogP contribution in [0.5, 0.6) is 0 Å². The predicted molar refractivity (Wildman–Crippen MR) is 222 cm³/mol. The molecule has 0 aromatic heterocycles. The number of benzene rings is 8. The Morgan fingerprint density at radius 2 is 0.962 bits per heavy atom. The standard InChI is InChI=1S/C51H41N/c1-3-51(4-2)46-29-17-15-28-45(46)50-47(51)35-38-21-11-12-25-42(38)49(50)37-31-33-40(34-32-37)52(39-22-9-6-10-23-39)48-30-18-16-27-44(48)43-26-14-13-24-41(43)36-19-7-5-8-20-36/h5-35H,3-4H2,1-2H3. The summed E-state index contributed by atoms with van der Waals surface area (Å²) in [4.78, 5) is 2.41. The molecule has 8 aromatic rings. The van der Waals surface area contributed by atoms with E-state index in [2.05, 4.69) is 207 Å². The summed E-state index contributed by atoms with van der Waals surface area (Å²) in [7, 11) is 0. The second-order valence-electron chi connectivity index (χ2n) is 13.9. The van der Waals surface area contributed by atoms with Crippen LogP contribution in [0, 0.1) is 0 Å². The van der Waals surface area contributed by atoms with E-state index in [4.69, 9.17) is 0 Å². The molecule has 0 saturated heterocycles.